The molecule has 1 aliphatic heterocycles. The molecule has 0 radical (unpaired) electrons. The van der Waals surface area contributed by atoms with Crippen molar-refractivity contribution in [2.45, 2.75) is 6.04 Å². The lowest BCUT2D eigenvalue weighted by molar-refractivity contribution is -0.136. The predicted molar refractivity (Wildman–Crippen MR) is 107 cm³/mol. The molecule has 0 spiro atoms. The van der Waals surface area contributed by atoms with Gasteiger partial charge in [0.25, 0.3) is 0 Å². The Morgan fingerprint density at radius 3 is 2.36 bits per heavy atom. The summed E-state index contributed by atoms with van der Waals surface area (Å²) in [5.41, 5.74) is 1.90. The van der Waals surface area contributed by atoms with Gasteiger partial charge in [-0.3, -0.25) is 0 Å². The monoisotopic (exact) mass is 446 g/mol. The van der Waals surface area contributed by atoms with Crippen LogP contribution in [0.2, 0.25) is 0 Å². The summed E-state index contributed by atoms with van der Waals surface area (Å²) in [6.07, 6.45) is 0. The standard InChI is InChI=1S/C20H19BrN2O5/c1-26-13-7-4-11(5-8-13)17-16(19(24)28-3)18(23-20(25)22-17)14-10-12(21)6-9-15(14)27-2/h4-10,18H,1-3H3,(H2,22,23,25). The van der Waals surface area contributed by atoms with Gasteiger partial charge in [-0.1, -0.05) is 15.9 Å². The minimum absolute atomic E-state index is 0.267. The summed E-state index contributed by atoms with van der Waals surface area (Å²) in [5.74, 6) is 0.630. The van der Waals surface area contributed by atoms with Crippen LogP contribution in [-0.4, -0.2) is 33.3 Å². The number of methoxy groups -OCH3 is 3. The Labute approximate surface area is 170 Å². The summed E-state index contributed by atoms with van der Waals surface area (Å²) >= 11 is 3.43. The minimum Gasteiger partial charge on any atom is -0.497 e. The Morgan fingerprint density at radius 2 is 1.75 bits per heavy atom. The van der Waals surface area contributed by atoms with Gasteiger partial charge in [0.15, 0.2) is 0 Å². The molecule has 1 heterocycles. The minimum atomic E-state index is -0.759. The van der Waals surface area contributed by atoms with Crippen molar-refractivity contribution >= 4 is 33.6 Å². The molecule has 2 amide bonds. The van der Waals surface area contributed by atoms with Gasteiger partial charge < -0.3 is 24.8 Å². The molecule has 8 heteroatoms. The van der Waals surface area contributed by atoms with Gasteiger partial charge in [-0.15, -0.1) is 0 Å². The quantitative estimate of drug-likeness (QED) is 0.687. The molecular weight excluding hydrogens is 428 g/mol. The van der Waals surface area contributed by atoms with Gasteiger partial charge in [-0.25, -0.2) is 9.59 Å². The number of carbonyl (C=O) groups is 2. The molecule has 0 fully saturated rings. The zero-order valence-corrected chi connectivity index (χ0v) is 17.1. The second-order valence-corrected chi connectivity index (χ2v) is 6.84. The fourth-order valence-corrected chi connectivity index (χ4v) is 3.42. The van der Waals surface area contributed by atoms with E-state index < -0.39 is 18.0 Å². The highest BCUT2D eigenvalue weighted by atomic mass is 79.9. The molecule has 1 atom stereocenters. The zero-order valence-electron chi connectivity index (χ0n) is 15.5. The van der Waals surface area contributed by atoms with Gasteiger partial charge in [0.2, 0.25) is 0 Å². The van der Waals surface area contributed by atoms with Crippen molar-refractivity contribution in [2.75, 3.05) is 21.3 Å². The first kappa shape index (κ1) is 19.8. The van der Waals surface area contributed by atoms with Crippen molar-refractivity contribution in [3.05, 3.63) is 63.6 Å². The van der Waals surface area contributed by atoms with Gasteiger partial charge >= 0.3 is 12.0 Å². The van der Waals surface area contributed by atoms with Crippen LogP contribution in [0, 0.1) is 0 Å². The van der Waals surface area contributed by atoms with E-state index in [1.54, 1.807) is 43.5 Å². The topological polar surface area (TPSA) is 85.9 Å². The highest BCUT2D eigenvalue weighted by Gasteiger charge is 2.35. The number of halogens is 1. The Kier molecular flexibility index (Phi) is 5.89. The molecule has 28 heavy (non-hydrogen) atoms. The molecule has 0 aromatic heterocycles. The normalized spacial score (nSPS) is 16.1. The fraction of sp³-hybridized carbons (Fsp3) is 0.200. The van der Waals surface area contributed by atoms with Crippen molar-refractivity contribution in [3.63, 3.8) is 0 Å². The van der Waals surface area contributed by atoms with Crippen molar-refractivity contribution in [1.82, 2.24) is 10.6 Å². The van der Waals surface area contributed by atoms with Gasteiger partial charge in [0, 0.05) is 10.0 Å². The lowest BCUT2D eigenvalue weighted by atomic mass is 9.92. The molecule has 0 bridgehead atoms. The second-order valence-electron chi connectivity index (χ2n) is 5.93. The van der Waals surface area contributed by atoms with E-state index in [0.29, 0.717) is 28.3 Å². The molecule has 146 valence electrons. The Hall–Kier alpha value is -3.00. The van der Waals surface area contributed by atoms with Crippen LogP contribution < -0.4 is 20.1 Å². The van der Waals surface area contributed by atoms with Crippen molar-refractivity contribution in [1.29, 1.82) is 0 Å². The number of hydrogen-bond donors (Lipinski definition) is 2. The van der Waals surface area contributed by atoms with E-state index >= 15 is 0 Å². The lowest BCUT2D eigenvalue weighted by Gasteiger charge is -2.30. The van der Waals surface area contributed by atoms with E-state index in [9.17, 15) is 9.59 Å². The maximum atomic E-state index is 12.7. The van der Waals surface area contributed by atoms with Crippen molar-refractivity contribution in [2.24, 2.45) is 0 Å². The van der Waals surface area contributed by atoms with E-state index in [2.05, 4.69) is 26.6 Å². The number of carbonyl (C=O) groups excluding carboxylic acids is 2. The predicted octanol–water partition coefficient (Wildman–Crippen LogP) is 3.40. The maximum absolute atomic E-state index is 12.7. The number of benzene rings is 2. The van der Waals surface area contributed by atoms with Crippen LogP contribution in [0.3, 0.4) is 0 Å². The lowest BCUT2D eigenvalue weighted by Crippen LogP contribution is -2.45. The summed E-state index contributed by atoms with van der Waals surface area (Å²) in [4.78, 5) is 25.1. The summed E-state index contributed by atoms with van der Waals surface area (Å²) < 4.78 is 16.4. The largest absolute Gasteiger partial charge is 0.497 e. The van der Waals surface area contributed by atoms with Crippen LogP contribution in [0.5, 0.6) is 11.5 Å². The summed E-state index contributed by atoms with van der Waals surface area (Å²) in [5, 5.41) is 5.51. The third-order valence-corrected chi connectivity index (χ3v) is 4.85. The van der Waals surface area contributed by atoms with Crippen LogP contribution in [0.25, 0.3) is 5.70 Å². The summed E-state index contributed by atoms with van der Waals surface area (Å²) in [6.45, 7) is 0. The molecule has 2 aromatic carbocycles. The van der Waals surface area contributed by atoms with E-state index in [0.717, 1.165) is 4.47 Å². The molecule has 3 rings (SSSR count). The smallest absolute Gasteiger partial charge is 0.338 e. The van der Waals surface area contributed by atoms with E-state index in [1.165, 1.54) is 14.2 Å². The number of amides is 2. The molecule has 7 nitrogen and oxygen atoms in total. The molecule has 1 aliphatic rings. The summed E-state index contributed by atoms with van der Waals surface area (Å²) in [6, 6.07) is 11.2. The third kappa shape index (κ3) is 3.82. The summed E-state index contributed by atoms with van der Waals surface area (Å²) in [7, 11) is 4.39. The van der Waals surface area contributed by atoms with Crippen LogP contribution in [0.1, 0.15) is 17.2 Å². The van der Waals surface area contributed by atoms with Crippen LogP contribution in [0.15, 0.2) is 52.5 Å². The molecule has 2 N–H and O–H groups in total. The Bertz CT molecular complexity index is 940. The van der Waals surface area contributed by atoms with E-state index in [4.69, 9.17) is 14.2 Å². The fourth-order valence-electron chi connectivity index (χ4n) is 3.04. The van der Waals surface area contributed by atoms with Gasteiger partial charge in [0.1, 0.15) is 11.5 Å². The molecule has 1 unspecified atom stereocenters. The van der Waals surface area contributed by atoms with Crippen LogP contribution >= 0.6 is 15.9 Å². The highest BCUT2D eigenvalue weighted by molar-refractivity contribution is 9.10. The number of urea groups is 1. The maximum Gasteiger partial charge on any atom is 0.338 e. The van der Waals surface area contributed by atoms with Gasteiger partial charge in [0.05, 0.1) is 38.6 Å². The number of hydrogen-bond acceptors (Lipinski definition) is 5. The zero-order chi connectivity index (χ0) is 20.3. The first-order valence-electron chi connectivity index (χ1n) is 8.36. The third-order valence-electron chi connectivity index (χ3n) is 4.36. The SMILES string of the molecule is COC(=O)C1=C(c2ccc(OC)cc2)NC(=O)NC1c1cc(Br)ccc1OC. The Balaban J connectivity index is 2.22. The molecule has 0 aliphatic carbocycles. The highest BCUT2D eigenvalue weighted by Crippen LogP contribution is 2.37. The first-order valence-corrected chi connectivity index (χ1v) is 9.15. The number of ether oxygens (including phenoxy) is 3. The van der Waals surface area contributed by atoms with Crippen LogP contribution in [0.4, 0.5) is 4.79 Å². The Morgan fingerprint density at radius 1 is 1.04 bits per heavy atom. The first-order chi connectivity index (χ1) is 13.5. The number of esters is 1. The van der Waals surface area contributed by atoms with Crippen molar-refractivity contribution in [3.8, 4) is 11.5 Å². The van der Waals surface area contributed by atoms with Crippen molar-refractivity contribution < 1.29 is 23.8 Å². The van der Waals surface area contributed by atoms with E-state index in [-0.39, 0.29) is 5.57 Å². The van der Waals surface area contributed by atoms with E-state index in [1.807, 2.05) is 6.07 Å². The second kappa shape index (κ2) is 8.35. The molecule has 0 saturated heterocycles. The molecular formula is C20H19BrN2O5. The average molecular weight is 447 g/mol. The average Bonchev–Trinajstić information content (AvgIpc) is 2.72. The van der Waals surface area contributed by atoms with Gasteiger partial charge in [-0.05, 0) is 48.0 Å². The van der Waals surface area contributed by atoms with Crippen LogP contribution in [-0.2, 0) is 9.53 Å². The number of nitrogens with one attached hydrogen (secondary N) is 2. The van der Waals surface area contributed by atoms with Gasteiger partial charge in [-0.2, -0.15) is 0 Å². The molecule has 0 saturated carbocycles. The number of rotatable bonds is 5. The molecule has 2 aromatic rings.